The van der Waals surface area contributed by atoms with E-state index in [0.717, 1.165) is 17.1 Å². The molecule has 10 rings (SSSR count). The lowest BCUT2D eigenvalue weighted by atomic mass is 9.93. The molecule has 0 spiro atoms. The molecule has 0 N–H and O–H groups in total. The highest BCUT2D eigenvalue weighted by atomic mass is 32.1. The van der Waals surface area contributed by atoms with Gasteiger partial charge in [0.05, 0.1) is 0 Å². The molecule has 0 aliphatic carbocycles. The largest absolute Gasteiger partial charge is 0.310 e. The lowest BCUT2D eigenvalue weighted by Gasteiger charge is -2.26. The Morgan fingerprint density at radius 1 is 0.300 bits per heavy atom. The van der Waals surface area contributed by atoms with E-state index in [4.69, 9.17) is 0 Å². The van der Waals surface area contributed by atoms with Crippen molar-refractivity contribution >= 4 is 80.9 Å². The zero-order valence-corrected chi connectivity index (χ0v) is 28.1. The van der Waals surface area contributed by atoms with Crippen LogP contribution in [0.15, 0.2) is 188 Å². The summed E-state index contributed by atoms with van der Waals surface area (Å²) in [4.78, 5) is 2.39. The quantitative estimate of drug-likeness (QED) is 0.167. The first-order chi connectivity index (χ1) is 24.8. The van der Waals surface area contributed by atoms with Crippen LogP contribution in [0.5, 0.6) is 0 Å². The van der Waals surface area contributed by atoms with Crippen molar-refractivity contribution in [2.45, 2.75) is 0 Å². The van der Waals surface area contributed by atoms with Crippen LogP contribution in [0.2, 0.25) is 0 Å². The molecule has 1 nitrogen and oxygen atoms in total. The first-order valence-corrected chi connectivity index (χ1v) is 17.9. The zero-order chi connectivity index (χ0) is 33.0. The average molecular weight is 654 g/mol. The van der Waals surface area contributed by atoms with Gasteiger partial charge in [-0.1, -0.05) is 133 Å². The maximum absolute atomic E-state index is 2.39. The maximum Gasteiger partial charge on any atom is 0.0476 e. The van der Waals surface area contributed by atoms with Crippen molar-refractivity contribution in [3.8, 4) is 22.3 Å². The lowest BCUT2D eigenvalue weighted by molar-refractivity contribution is 1.29. The molecule has 2 heteroatoms. The zero-order valence-electron chi connectivity index (χ0n) is 27.3. The van der Waals surface area contributed by atoms with E-state index in [9.17, 15) is 0 Å². The Balaban J connectivity index is 1.09. The average Bonchev–Trinajstić information content (AvgIpc) is 3.56. The third kappa shape index (κ3) is 4.84. The van der Waals surface area contributed by atoms with Crippen molar-refractivity contribution in [3.05, 3.63) is 188 Å². The van der Waals surface area contributed by atoms with E-state index < -0.39 is 0 Å². The molecule has 9 aromatic carbocycles. The van der Waals surface area contributed by atoms with E-state index >= 15 is 0 Å². The Kier molecular flexibility index (Phi) is 6.75. The number of hydrogen-bond donors (Lipinski definition) is 0. The topological polar surface area (TPSA) is 3.24 Å². The van der Waals surface area contributed by atoms with Crippen molar-refractivity contribution in [2.75, 3.05) is 4.90 Å². The molecular weight excluding hydrogens is 623 g/mol. The fourth-order valence-corrected chi connectivity index (χ4v) is 8.69. The van der Waals surface area contributed by atoms with Gasteiger partial charge in [0, 0.05) is 37.2 Å². The van der Waals surface area contributed by atoms with Gasteiger partial charge in [0.2, 0.25) is 0 Å². The molecular formula is C48H31NS. The fourth-order valence-electron chi connectivity index (χ4n) is 7.56. The van der Waals surface area contributed by atoms with E-state index in [2.05, 4.69) is 193 Å². The van der Waals surface area contributed by atoms with Gasteiger partial charge in [-0.25, -0.2) is 0 Å². The van der Waals surface area contributed by atoms with Crippen molar-refractivity contribution in [3.63, 3.8) is 0 Å². The number of thiophene rings is 1. The minimum absolute atomic E-state index is 1.12. The summed E-state index contributed by atoms with van der Waals surface area (Å²) in [6, 6.07) is 68.8. The van der Waals surface area contributed by atoms with Crippen LogP contribution in [-0.4, -0.2) is 0 Å². The molecule has 0 amide bonds. The van der Waals surface area contributed by atoms with Gasteiger partial charge in [-0.15, -0.1) is 11.3 Å². The van der Waals surface area contributed by atoms with Gasteiger partial charge < -0.3 is 4.90 Å². The number of rotatable bonds is 5. The summed E-state index contributed by atoms with van der Waals surface area (Å²) in [5, 5.41) is 10.2. The SMILES string of the molecule is c1ccc2cc(-c3ccc(N(c4ccc(-c5cc6ccccc6c6ccccc56)cc4)c4ccc5c(c4)sc4ccccc45)cc3)ccc2c1. The first-order valence-electron chi connectivity index (χ1n) is 17.1. The summed E-state index contributed by atoms with van der Waals surface area (Å²) < 4.78 is 2.61. The van der Waals surface area contributed by atoms with Crippen LogP contribution in [0.3, 0.4) is 0 Å². The minimum atomic E-state index is 1.12. The van der Waals surface area contributed by atoms with Crippen molar-refractivity contribution in [1.29, 1.82) is 0 Å². The number of nitrogens with zero attached hydrogens (tertiary/aromatic N) is 1. The van der Waals surface area contributed by atoms with E-state index in [0.29, 0.717) is 0 Å². The van der Waals surface area contributed by atoms with Crippen LogP contribution in [0.4, 0.5) is 17.1 Å². The Hall–Kier alpha value is -6.22. The number of benzene rings is 9. The van der Waals surface area contributed by atoms with E-state index in [-0.39, 0.29) is 0 Å². The minimum Gasteiger partial charge on any atom is -0.310 e. The highest BCUT2D eigenvalue weighted by molar-refractivity contribution is 7.25. The third-order valence-electron chi connectivity index (χ3n) is 10.0. The summed E-state index contributed by atoms with van der Waals surface area (Å²) >= 11 is 1.86. The monoisotopic (exact) mass is 653 g/mol. The van der Waals surface area contributed by atoms with E-state index in [1.807, 2.05) is 11.3 Å². The standard InChI is InChI=1S/C48H31NS/c1-2-10-35-29-36(18-17-32(35)9-1)33-19-23-38(24-20-33)49(40-27-28-45-44-15-7-8-16-47(44)50-48(45)31-40)39-25-21-34(22-26-39)46-30-37-11-3-4-12-41(37)42-13-5-6-14-43(42)46/h1-31H. The second-order valence-corrected chi connectivity index (χ2v) is 14.0. The van der Waals surface area contributed by atoms with Crippen molar-refractivity contribution in [2.24, 2.45) is 0 Å². The van der Waals surface area contributed by atoms with E-state index in [1.165, 1.54) is 74.7 Å². The second-order valence-electron chi connectivity index (χ2n) is 13.0. The lowest BCUT2D eigenvalue weighted by Crippen LogP contribution is -2.09. The molecule has 0 saturated carbocycles. The summed E-state index contributed by atoms with van der Waals surface area (Å²) in [5.74, 6) is 0. The normalized spacial score (nSPS) is 11.6. The summed E-state index contributed by atoms with van der Waals surface area (Å²) in [5.41, 5.74) is 8.28. The molecule has 234 valence electrons. The van der Waals surface area contributed by atoms with Crippen LogP contribution >= 0.6 is 11.3 Å². The van der Waals surface area contributed by atoms with E-state index in [1.54, 1.807) is 0 Å². The number of hydrogen-bond acceptors (Lipinski definition) is 2. The van der Waals surface area contributed by atoms with Crippen LogP contribution < -0.4 is 4.90 Å². The van der Waals surface area contributed by atoms with Gasteiger partial charge in [0.25, 0.3) is 0 Å². The van der Waals surface area contributed by atoms with Crippen molar-refractivity contribution in [1.82, 2.24) is 0 Å². The molecule has 1 aromatic heterocycles. The van der Waals surface area contributed by atoms with Gasteiger partial charge in [-0.2, -0.15) is 0 Å². The number of fused-ring (bicyclic) bond motifs is 7. The van der Waals surface area contributed by atoms with Gasteiger partial charge in [-0.3, -0.25) is 0 Å². The highest BCUT2D eigenvalue weighted by Crippen LogP contribution is 2.42. The molecule has 0 fully saturated rings. The number of anilines is 3. The molecule has 0 aliphatic heterocycles. The molecule has 0 atom stereocenters. The van der Waals surface area contributed by atoms with Gasteiger partial charge in [0.1, 0.15) is 0 Å². The molecule has 0 aliphatic rings. The Morgan fingerprint density at radius 2 is 0.860 bits per heavy atom. The Labute approximate surface area is 294 Å². The van der Waals surface area contributed by atoms with Crippen LogP contribution in [0, 0.1) is 0 Å². The van der Waals surface area contributed by atoms with Crippen LogP contribution in [-0.2, 0) is 0 Å². The molecule has 0 bridgehead atoms. The fraction of sp³-hybridized carbons (Fsp3) is 0. The molecule has 0 radical (unpaired) electrons. The second kappa shape index (κ2) is 11.7. The first kappa shape index (κ1) is 28.8. The van der Waals surface area contributed by atoms with Crippen LogP contribution in [0.25, 0.3) is 74.7 Å². The predicted molar refractivity (Wildman–Crippen MR) is 217 cm³/mol. The van der Waals surface area contributed by atoms with Gasteiger partial charge in [0.15, 0.2) is 0 Å². The van der Waals surface area contributed by atoms with Gasteiger partial charge >= 0.3 is 0 Å². The molecule has 50 heavy (non-hydrogen) atoms. The highest BCUT2D eigenvalue weighted by Gasteiger charge is 2.16. The van der Waals surface area contributed by atoms with Gasteiger partial charge in [-0.05, 0) is 109 Å². The molecule has 0 unspecified atom stereocenters. The summed E-state index contributed by atoms with van der Waals surface area (Å²) in [7, 11) is 0. The predicted octanol–water partition coefficient (Wildman–Crippen LogP) is 14.3. The Morgan fingerprint density at radius 3 is 1.64 bits per heavy atom. The smallest absolute Gasteiger partial charge is 0.0476 e. The summed E-state index contributed by atoms with van der Waals surface area (Å²) in [6.07, 6.45) is 0. The van der Waals surface area contributed by atoms with Crippen LogP contribution in [0.1, 0.15) is 0 Å². The Bertz CT molecular complexity index is 2860. The maximum atomic E-state index is 2.39. The molecule has 1 heterocycles. The molecule has 10 aromatic rings. The van der Waals surface area contributed by atoms with Crippen molar-refractivity contribution < 1.29 is 0 Å². The third-order valence-corrected chi connectivity index (χ3v) is 11.2. The molecule has 0 saturated heterocycles. The summed E-state index contributed by atoms with van der Waals surface area (Å²) in [6.45, 7) is 0.